The van der Waals surface area contributed by atoms with Gasteiger partial charge in [0.2, 0.25) is 5.91 Å². The van der Waals surface area contributed by atoms with Gasteiger partial charge >= 0.3 is 0 Å². The summed E-state index contributed by atoms with van der Waals surface area (Å²) in [4.78, 5) is 39.6. The smallest absolute Gasteiger partial charge is 0.255 e. The molecule has 168 valence electrons. The molecule has 1 saturated heterocycles. The highest BCUT2D eigenvalue weighted by molar-refractivity contribution is 6.04. The van der Waals surface area contributed by atoms with Gasteiger partial charge in [0.1, 0.15) is 5.82 Å². The molecule has 1 fully saturated rings. The van der Waals surface area contributed by atoms with Gasteiger partial charge in [-0.05, 0) is 67.4 Å². The lowest BCUT2D eigenvalue weighted by molar-refractivity contribution is -0.121. The van der Waals surface area contributed by atoms with E-state index >= 15 is 0 Å². The van der Waals surface area contributed by atoms with Crippen LogP contribution in [0.1, 0.15) is 33.6 Å². The van der Waals surface area contributed by atoms with Crippen molar-refractivity contribution in [2.45, 2.75) is 12.8 Å². The van der Waals surface area contributed by atoms with Crippen molar-refractivity contribution in [3.63, 3.8) is 0 Å². The molecule has 0 aromatic heterocycles. The number of nitrogens with one attached hydrogen (secondary N) is 2. The highest BCUT2D eigenvalue weighted by atomic mass is 19.1. The van der Waals surface area contributed by atoms with E-state index in [4.69, 9.17) is 0 Å². The molecule has 1 aliphatic heterocycles. The Morgan fingerprint density at radius 2 is 1.52 bits per heavy atom. The molecule has 3 aromatic carbocycles. The number of benzene rings is 3. The van der Waals surface area contributed by atoms with E-state index in [1.165, 1.54) is 24.3 Å². The maximum absolute atomic E-state index is 13.2. The first-order valence-corrected chi connectivity index (χ1v) is 10.8. The minimum absolute atomic E-state index is 0.182. The van der Waals surface area contributed by atoms with E-state index in [0.717, 1.165) is 0 Å². The zero-order valence-electron chi connectivity index (χ0n) is 18.0. The number of halogens is 1. The summed E-state index contributed by atoms with van der Waals surface area (Å²) in [5.74, 6) is -1.38. The average Bonchev–Trinajstić information content (AvgIpc) is 2.85. The Kier molecular flexibility index (Phi) is 6.78. The van der Waals surface area contributed by atoms with Crippen molar-refractivity contribution in [2.24, 2.45) is 5.92 Å². The van der Waals surface area contributed by atoms with Gasteiger partial charge in [-0.2, -0.15) is 0 Å². The Bertz CT molecular complexity index is 1150. The lowest BCUT2D eigenvalue weighted by Gasteiger charge is -2.32. The number of likely N-dealkylation sites (tertiary alicyclic amines) is 1. The first kappa shape index (κ1) is 22.2. The highest BCUT2D eigenvalue weighted by Crippen LogP contribution is 2.22. The molecule has 1 unspecified atom stereocenters. The Balaban J connectivity index is 1.37. The van der Waals surface area contributed by atoms with Gasteiger partial charge in [0.25, 0.3) is 11.8 Å². The molecule has 0 aliphatic carbocycles. The molecule has 0 bridgehead atoms. The third-order valence-electron chi connectivity index (χ3n) is 5.59. The van der Waals surface area contributed by atoms with Crippen molar-refractivity contribution in [2.75, 3.05) is 23.7 Å². The molecule has 3 amide bonds. The summed E-state index contributed by atoms with van der Waals surface area (Å²) in [6.07, 6.45) is 1.38. The molecular formula is C26H24FN3O3. The molecule has 33 heavy (non-hydrogen) atoms. The Labute approximate surface area is 191 Å². The van der Waals surface area contributed by atoms with Crippen LogP contribution in [0, 0.1) is 11.7 Å². The molecule has 3 aromatic rings. The van der Waals surface area contributed by atoms with Crippen molar-refractivity contribution in [1.82, 2.24) is 4.90 Å². The SMILES string of the molecule is O=C(Nc1cccc(NC(=O)C2CCCN(C(=O)c3ccc(F)cc3)C2)c1)c1ccccc1. The van der Waals surface area contributed by atoms with Gasteiger partial charge in [-0.1, -0.05) is 24.3 Å². The molecule has 2 N–H and O–H groups in total. The summed E-state index contributed by atoms with van der Waals surface area (Å²) in [5.41, 5.74) is 2.07. The Morgan fingerprint density at radius 1 is 0.818 bits per heavy atom. The summed E-state index contributed by atoms with van der Waals surface area (Å²) in [6, 6.07) is 21.2. The zero-order chi connectivity index (χ0) is 23.2. The van der Waals surface area contributed by atoms with E-state index in [1.54, 1.807) is 53.4 Å². The molecule has 7 heteroatoms. The van der Waals surface area contributed by atoms with Gasteiger partial charge in [-0.15, -0.1) is 0 Å². The number of hydrogen-bond donors (Lipinski definition) is 2. The van der Waals surface area contributed by atoms with Crippen molar-refractivity contribution < 1.29 is 18.8 Å². The minimum atomic E-state index is -0.398. The first-order valence-electron chi connectivity index (χ1n) is 10.8. The zero-order valence-corrected chi connectivity index (χ0v) is 18.0. The maximum Gasteiger partial charge on any atom is 0.255 e. The van der Waals surface area contributed by atoms with Crippen LogP contribution in [0.3, 0.4) is 0 Å². The molecule has 0 radical (unpaired) electrons. The lowest BCUT2D eigenvalue weighted by atomic mass is 9.96. The summed E-state index contributed by atoms with van der Waals surface area (Å²) in [6.45, 7) is 0.855. The summed E-state index contributed by atoms with van der Waals surface area (Å²) >= 11 is 0. The third kappa shape index (κ3) is 5.63. The van der Waals surface area contributed by atoms with Crippen LogP contribution in [0.2, 0.25) is 0 Å². The largest absolute Gasteiger partial charge is 0.338 e. The highest BCUT2D eigenvalue weighted by Gasteiger charge is 2.29. The second kappa shape index (κ2) is 10.1. The molecule has 1 heterocycles. The van der Waals surface area contributed by atoms with Gasteiger partial charge in [0.15, 0.2) is 0 Å². The first-order chi connectivity index (χ1) is 16.0. The van der Waals surface area contributed by atoms with Gasteiger partial charge in [0.05, 0.1) is 5.92 Å². The monoisotopic (exact) mass is 445 g/mol. The van der Waals surface area contributed by atoms with Crippen molar-refractivity contribution in [1.29, 1.82) is 0 Å². The van der Waals surface area contributed by atoms with E-state index in [0.29, 0.717) is 48.4 Å². The van der Waals surface area contributed by atoms with Crippen LogP contribution in [0.15, 0.2) is 78.9 Å². The van der Waals surface area contributed by atoms with Gasteiger partial charge in [-0.3, -0.25) is 14.4 Å². The number of carbonyl (C=O) groups excluding carboxylic acids is 3. The summed E-state index contributed by atoms with van der Waals surface area (Å²) < 4.78 is 13.2. The second-order valence-electron chi connectivity index (χ2n) is 7.99. The van der Waals surface area contributed by atoms with Gasteiger partial charge in [-0.25, -0.2) is 4.39 Å². The van der Waals surface area contributed by atoms with Crippen LogP contribution in [0.4, 0.5) is 15.8 Å². The average molecular weight is 445 g/mol. The normalized spacial score (nSPS) is 15.5. The van der Waals surface area contributed by atoms with E-state index < -0.39 is 5.82 Å². The molecule has 0 spiro atoms. The summed E-state index contributed by atoms with van der Waals surface area (Å²) in [5, 5.41) is 5.72. The van der Waals surface area contributed by atoms with Crippen LogP contribution in [-0.2, 0) is 4.79 Å². The molecule has 4 rings (SSSR count). The predicted octanol–water partition coefficient (Wildman–Crippen LogP) is 4.57. The van der Waals surface area contributed by atoms with Crippen molar-refractivity contribution in [3.05, 3.63) is 95.8 Å². The Morgan fingerprint density at radius 3 is 2.24 bits per heavy atom. The van der Waals surface area contributed by atoms with Gasteiger partial charge < -0.3 is 15.5 Å². The van der Waals surface area contributed by atoms with Crippen LogP contribution < -0.4 is 10.6 Å². The van der Waals surface area contributed by atoms with Gasteiger partial charge in [0, 0.05) is 35.6 Å². The third-order valence-corrected chi connectivity index (χ3v) is 5.59. The second-order valence-corrected chi connectivity index (χ2v) is 7.99. The minimum Gasteiger partial charge on any atom is -0.338 e. The van der Waals surface area contributed by atoms with E-state index in [9.17, 15) is 18.8 Å². The van der Waals surface area contributed by atoms with Crippen LogP contribution in [0.5, 0.6) is 0 Å². The number of anilines is 2. The quantitative estimate of drug-likeness (QED) is 0.604. The molecule has 1 atom stereocenters. The standard InChI is InChI=1S/C26H24FN3O3/c27-21-13-11-19(12-14-21)26(33)30-15-5-8-20(17-30)25(32)29-23-10-4-9-22(16-23)28-24(31)18-6-2-1-3-7-18/h1-4,6-7,9-14,16,20H,5,8,15,17H2,(H,28,31)(H,29,32). The van der Waals surface area contributed by atoms with E-state index in [2.05, 4.69) is 10.6 Å². The molecular weight excluding hydrogens is 421 g/mol. The predicted molar refractivity (Wildman–Crippen MR) is 124 cm³/mol. The van der Waals surface area contributed by atoms with Crippen LogP contribution in [-0.4, -0.2) is 35.7 Å². The van der Waals surface area contributed by atoms with Crippen molar-refractivity contribution >= 4 is 29.1 Å². The van der Waals surface area contributed by atoms with Crippen LogP contribution >= 0.6 is 0 Å². The van der Waals surface area contributed by atoms with E-state index in [1.807, 2.05) is 6.07 Å². The van der Waals surface area contributed by atoms with E-state index in [-0.39, 0.29) is 23.6 Å². The summed E-state index contributed by atoms with van der Waals surface area (Å²) in [7, 11) is 0. The Hall–Kier alpha value is -4.00. The fourth-order valence-corrected chi connectivity index (χ4v) is 3.86. The number of amides is 3. The number of hydrogen-bond acceptors (Lipinski definition) is 3. The molecule has 1 aliphatic rings. The van der Waals surface area contributed by atoms with Crippen molar-refractivity contribution in [3.8, 4) is 0 Å². The fraction of sp³-hybridized carbons (Fsp3) is 0.192. The number of rotatable bonds is 5. The molecule has 6 nitrogen and oxygen atoms in total. The fourth-order valence-electron chi connectivity index (χ4n) is 3.86. The number of piperidine rings is 1. The lowest BCUT2D eigenvalue weighted by Crippen LogP contribution is -2.43. The number of carbonyl (C=O) groups is 3. The number of nitrogens with zero attached hydrogens (tertiary/aromatic N) is 1. The topological polar surface area (TPSA) is 78.5 Å². The molecule has 0 saturated carbocycles. The van der Waals surface area contributed by atoms with Crippen LogP contribution in [0.25, 0.3) is 0 Å². The maximum atomic E-state index is 13.2.